The zero-order valence-corrected chi connectivity index (χ0v) is 16.6. The van der Waals surface area contributed by atoms with Crippen molar-refractivity contribution in [2.75, 3.05) is 19.8 Å². The molecule has 1 aromatic heterocycles. The van der Waals surface area contributed by atoms with E-state index in [-0.39, 0.29) is 18.1 Å². The maximum absolute atomic E-state index is 13.3. The highest BCUT2D eigenvalue weighted by molar-refractivity contribution is 5.86. The lowest BCUT2D eigenvalue weighted by Crippen LogP contribution is -2.51. The molecule has 1 aromatic carbocycles. The molecule has 150 valence electrons. The number of hydrogen-bond acceptors (Lipinski definition) is 2. The van der Waals surface area contributed by atoms with Crippen LogP contribution in [0.15, 0.2) is 24.3 Å². The Labute approximate surface area is 166 Å². The second-order valence-electron chi connectivity index (χ2n) is 8.69. The predicted octanol–water partition coefficient (Wildman–Crippen LogP) is 4.54. The summed E-state index contributed by atoms with van der Waals surface area (Å²) < 4.78 is 5.45. The Hall–Kier alpha value is -2.01. The number of nitrogens with zero attached hydrogens (tertiary/aromatic N) is 1. The third-order valence-corrected chi connectivity index (χ3v) is 6.99. The van der Waals surface area contributed by atoms with Gasteiger partial charge in [-0.05, 0) is 49.7 Å². The van der Waals surface area contributed by atoms with Crippen LogP contribution in [0.4, 0.5) is 4.79 Å². The summed E-state index contributed by atoms with van der Waals surface area (Å²) in [6, 6.07) is 9.14. The minimum atomic E-state index is 0.117. The van der Waals surface area contributed by atoms with Gasteiger partial charge in [-0.25, -0.2) is 4.79 Å². The number of rotatable bonds is 2. The minimum absolute atomic E-state index is 0.117. The first-order valence-corrected chi connectivity index (χ1v) is 11.1. The lowest BCUT2D eigenvalue weighted by Gasteiger charge is -2.42. The van der Waals surface area contributed by atoms with E-state index in [9.17, 15) is 4.79 Å². The number of urea groups is 1. The number of aromatic amines is 1. The Kier molecular flexibility index (Phi) is 5.02. The van der Waals surface area contributed by atoms with E-state index in [2.05, 4.69) is 39.5 Å². The summed E-state index contributed by atoms with van der Waals surface area (Å²) in [4.78, 5) is 19.2. The van der Waals surface area contributed by atoms with Gasteiger partial charge in [-0.2, -0.15) is 0 Å². The summed E-state index contributed by atoms with van der Waals surface area (Å²) in [7, 11) is 0. The molecule has 0 bridgehead atoms. The molecule has 3 aliphatic rings. The Balaban J connectivity index is 1.46. The molecule has 0 radical (unpaired) electrons. The van der Waals surface area contributed by atoms with Gasteiger partial charge in [-0.1, -0.05) is 37.5 Å². The third kappa shape index (κ3) is 3.30. The fourth-order valence-corrected chi connectivity index (χ4v) is 5.54. The molecule has 2 fully saturated rings. The van der Waals surface area contributed by atoms with Gasteiger partial charge in [-0.15, -0.1) is 0 Å². The van der Waals surface area contributed by atoms with E-state index in [1.807, 2.05) is 0 Å². The third-order valence-electron chi connectivity index (χ3n) is 6.99. The van der Waals surface area contributed by atoms with Gasteiger partial charge in [0.25, 0.3) is 0 Å². The number of para-hydroxylation sites is 1. The summed E-state index contributed by atoms with van der Waals surface area (Å²) in [5.41, 5.74) is 3.93. The topological polar surface area (TPSA) is 57.4 Å². The maximum Gasteiger partial charge on any atom is 0.318 e. The highest BCUT2D eigenvalue weighted by Crippen LogP contribution is 2.43. The van der Waals surface area contributed by atoms with Crippen molar-refractivity contribution in [2.24, 2.45) is 5.92 Å². The van der Waals surface area contributed by atoms with E-state index in [1.54, 1.807) is 0 Å². The van der Waals surface area contributed by atoms with Gasteiger partial charge in [0.05, 0.1) is 6.04 Å². The number of H-pyrrole nitrogens is 1. The largest absolute Gasteiger partial charge is 0.381 e. The van der Waals surface area contributed by atoms with Gasteiger partial charge in [-0.3, -0.25) is 0 Å². The summed E-state index contributed by atoms with van der Waals surface area (Å²) in [6.45, 7) is 2.32. The molecule has 2 N–H and O–H groups in total. The monoisotopic (exact) mass is 381 g/mol. The molecule has 3 heterocycles. The van der Waals surface area contributed by atoms with E-state index in [1.165, 1.54) is 54.3 Å². The van der Waals surface area contributed by atoms with Crippen molar-refractivity contribution in [3.63, 3.8) is 0 Å². The molecule has 2 aliphatic heterocycles. The minimum Gasteiger partial charge on any atom is -0.381 e. The van der Waals surface area contributed by atoms with Gasteiger partial charge in [0.2, 0.25) is 0 Å². The number of fused-ring (bicyclic) bond motifs is 3. The van der Waals surface area contributed by atoms with Crippen LogP contribution < -0.4 is 5.32 Å². The number of aromatic nitrogens is 1. The second-order valence-corrected chi connectivity index (χ2v) is 8.69. The Morgan fingerprint density at radius 2 is 1.86 bits per heavy atom. The Morgan fingerprint density at radius 3 is 2.68 bits per heavy atom. The van der Waals surface area contributed by atoms with Crippen LogP contribution in [0.5, 0.6) is 0 Å². The normalized spacial score (nSPS) is 24.3. The van der Waals surface area contributed by atoms with Crippen LogP contribution in [0.1, 0.15) is 62.2 Å². The van der Waals surface area contributed by atoms with E-state index >= 15 is 0 Å². The molecule has 5 heteroatoms. The van der Waals surface area contributed by atoms with E-state index in [4.69, 9.17) is 4.74 Å². The van der Waals surface area contributed by atoms with Crippen LogP contribution in [0.25, 0.3) is 10.9 Å². The highest BCUT2D eigenvalue weighted by Gasteiger charge is 2.39. The molecule has 2 aromatic rings. The van der Waals surface area contributed by atoms with Crippen molar-refractivity contribution in [1.29, 1.82) is 0 Å². The van der Waals surface area contributed by atoms with Crippen LogP contribution in [-0.4, -0.2) is 41.7 Å². The van der Waals surface area contributed by atoms with Crippen molar-refractivity contribution >= 4 is 16.9 Å². The quantitative estimate of drug-likeness (QED) is 0.803. The van der Waals surface area contributed by atoms with Crippen LogP contribution in [0.3, 0.4) is 0 Å². The molecule has 1 atom stereocenters. The van der Waals surface area contributed by atoms with Crippen LogP contribution in [0, 0.1) is 5.92 Å². The fourth-order valence-electron chi connectivity index (χ4n) is 5.54. The van der Waals surface area contributed by atoms with E-state index < -0.39 is 0 Å². The lowest BCUT2D eigenvalue weighted by molar-refractivity contribution is 0.0733. The standard InChI is InChI=1S/C23H31N3O2/c27-23(24-17-11-14-28-15-12-17)26-13-10-19-18-8-4-5-9-20(18)25-21(19)22(26)16-6-2-1-3-7-16/h4-5,8-9,16-17,22,25H,1-3,6-7,10-15H2,(H,24,27). The van der Waals surface area contributed by atoms with E-state index in [0.717, 1.165) is 39.0 Å². The molecule has 0 spiro atoms. The zero-order valence-electron chi connectivity index (χ0n) is 16.6. The van der Waals surface area contributed by atoms with Crippen molar-refractivity contribution in [3.8, 4) is 0 Å². The number of benzene rings is 1. The second kappa shape index (κ2) is 7.78. The first-order valence-electron chi connectivity index (χ1n) is 11.1. The smallest absolute Gasteiger partial charge is 0.318 e. The average molecular weight is 382 g/mol. The van der Waals surface area contributed by atoms with E-state index in [0.29, 0.717) is 5.92 Å². The van der Waals surface area contributed by atoms with Crippen LogP contribution in [0.2, 0.25) is 0 Å². The summed E-state index contributed by atoms with van der Waals surface area (Å²) in [5, 5.41) is 4.65. The molecule has 5 nitrogen and oxygen atoms in total. The van der Waals surface area contributed by atoms with Crippen LogP contribution in [-0.2, 0) is 11.2 Å². The van der Waals surface area contributed by atoms with Crippen molar-refractivity contribution < 1.29 is 9.53 Å². The number of carbonyl (C=O) groups excluding carboxylic acids is 1. The molecule has 1 unspecified atom stereocenters. The summed E-state index contributed by atoms with van der Waals surface area (Å²) in [6.07, 6.45) is 9.12. The molecule has 1 aliphatic carbocycles. The molecule has 5 rings (SSSR count). The first kappa shape index (κ1) is 18.0. The molecule has 28 heavy (non-hydrogen) atoms. The summed E-state index contributed by atoms with van der Waals surface area (Å²) in [5.74, 6) is 0.557. The molecule has 1 saturated heterocycles. The molecule has 1 saturated carbocycles. The van der Waals surface area contributed by atoms with Gasteiger partial charge in [0.1, 0.15) is 0 Å². The Bertz CT molecular complexity index is 833. The first-order chi connectivity index (χ1) is 13.8. The number of carbonyl (C=O) groups is 1. The predicted molar refractivity (Wildman–Crippen MR) is 110 cm³/mol. The Morgan fingerprint density at radius 1 is 1.07 bits per heavy atom. The summed E-state index contributed by atoms with van der Waals surface area (Å²) >= 11 is 0. The van der Waals surface area contributed by atoms with Gasteiger partial charge in [0, 0.05) is 42.4 Å². The maximum atomic E-state index is 13.3. The number of hydrogen-bond donors (Lipinski definition) is 2. The molecule has 2 amide bonds. The van der Waals surface area contributed by atoms with Crippen LogP contribution >= 0.6 is 0 Å². The number of nitrogens with one attached hydrogen (secondary N) is 2. The fraction of sp³-hybridized carbons (Fsp3) is 0.609. The van der Waals surface area contributed by atoms with Crippen molar-refractivity contribution in [3.05, 3.63) is 35.5 Å². The number of amides is 2. The molecular formula is C23H31N3O2. The lowest BCUT2D eigenvalue weighted by atomic mass is 9.79. The SMILES string of the molecule is O=C(NC1CCOCC1)N1CCc2c([nH]c3ccccc23)C1C1CCCCC1. The average Bonchev–Trinajstić information content (AvgIpc) is 3.13. The van der Waals surface area contributed by atoms with Gasteiger partial charge < -0.3 is 19.9 Å². The van der Waals surface area contributed by atoms with Crippen molar-refractivity contribution in [1.82, 2.24) is 15.2 Å². The number of ether oxygens (including phenoxy) is 1. The van der Waals surface area contributed by atoms with Gasteiger partial charge in [0.15, 0.2) is 0 Å². The highest BCUT2D eigenvalue weighted by atomic mass is 16.5. The van der Waals surface area contributed by atoms with Gasteiger partial charge >= 0.3 is 6.03 Å². The zero-order chi connectivity index (χ0) is 18.9. The van der Waals surface area contributed by atoms with Crippen molar-refractivity contribution in [2.45, 2.75) is 63.5 Å². The molecular weight excluding hydrogens is 350 g/mol.